The van der Waals surface area contributed by atoms with Crippen LogP contribution in [0.1, 0.15) is 52.9 Å². The van der Waals surface area contributed by atoms with Gasteiger partial charge in [-0.05, 0) is 19.3 Å². The Bertz CT molecular complexity index is 252. The minimum absolute atomic E-state index is 0.135. The van der Waals surface area contributed by atoms with Crippen LogP contribution in [0.3, 0.4) is 0 Å². The minimum atomic E-state index is -0.261. The Labute approximate surface area is 104 Å². The highest BCUT2D eigenvalue weighted by Crippen LogP contribution is 2.30. The van der Waals surface area contributed by atoms with E-state index in [4.69, 9.17) is 11.6 Å². The second-order valence-corrected chi connectivity index (χ2v) is 6.08. The van der Waals surface area contributed by atoms with Crippen molar-refractivity contribution in [1.82, 2.24) is 4.90 Å². The molecular weight excluding hydrogens is 222 g/mol. The zero-order valence-electron chi connectivity index (χ0n) is 10.9. The van der Waals surface area contributed by atoms with Gasteiger partial charge in [0.1, 0.15) is 0 Å². The number of nitrogens with zero attached hydrogens (tertiary/aromatic N) is 1. The predicted molar refractivity (Wildman–Crippen MR) is 68.7 cm³/mol. The first-order valence-electron chi connectivity index (χ1n) is 6.31. The fourth-order valence-electron chi connectivity index (χ4n) is 2.28. The molecule has 2 nitrogen and oxygen atoms in total. The zero-order chi connectivity index (χ0) is 12.3. The Morgan fingerprint density at radius 1 is 1.38 bits per heavy atom. The van der Waals surface area contributed by atoms with Crippen LogP contribution in [-0.2, 0) is 4.79 Å². The average Bonchev–Trinajstić information content (AvgIpc) is 2.27. The molecule has 0 radical (unpaired) electrons. The molecule has 0 bridgehead atoms. The van der Waals surface area contributed by atoms with Crippen LogP contribution in [0.5, 0.6) is 0 Å². The second kappa shape index (κ2) is 5.39. The number of rotatable bonds is 3. The standard InChI is InChI=1S/C13H24ClNO/c1-5-13(2,3)12(16)15(4)11-9-7-6-8-10(11)14/h10-11H,5-9H2,1-4H3. The van der Waals surface area contributed by atoms with E-state index in [-0.39, 0.29) is 22.7 Å². The molecule has 1 aliphatic carbocycles. The molecule has 2 unspecified atom stereocenters. The summed E-state index contributed by atoms with van der Waals surface area (Å²) in [5.41, 5.74) is -0.261. The Balaban J connectivity index is 2.69. The average molecular weight is 246 g/mol. The number of alkyl halides is 1. The predicted octanol–water partition coefficient (Wildman–Crippen LogP) is 3.43. The summed E-state index contributed by atoms with van der Waals surface area (Å²) in [6.07, 6.45) is 5.35. The van der Waals surface area contributed by atoms with Crippen LogP contribution in [0.2, 0.25) is 0 Å². The lowest BCUT2D eigenvalue weighted by Crippen LogP contribution is -2.48. The van der Waals surface area contributed by atoms with Crippen LogP contribution in [0.15, 0.2) is 0 Å². The molecule has 0 aromatic carbocycles. The summed E-state index contributed by atoms with van der Waals surface area (Å²) < 4.78 is 0. The van der Waals surface area contributed by atoms with Crippen LogP contribution >= 0.6 is 11.6 Å². The molecule has 0 heterocycles. The minimum Gasteiger partial charge on any atom is -0.341 e. The van der Waals surface area contributed by atoms with Gasteiger partial charge in [-0.25, -0.2) is 0 Å². The van der Waals surface area contributed by atoms with Crippen molar-refractivity contribution in [2.75, 3.05) is 7.05 Å². The fourth-order valence-corrected chi connectivity index (χ4v) is 2.73. The first-order valence-corrected chi connectivity index (χ1v) is 6.75. The molecule has 16 heavy (non-hydrogen) atoms. The number of halogens is 1. The van der Waals surface area contributed by atoms with Gasteiger partial charge in [0.05, 0.1) is 5.38 Å². The molecule has 0 aliphatic heterocycles. The molecule has 0 saturated heterocycles. The Kier molecular flexibility index (Phi) is 4.66. The fraction of sp³-hybridized carbons (Fsp3) is 0.923. The topological polar surface area (TPSA) is 20.3 Å². The summed E-state index contributed by atoms with van der Waals surface area (Å²) in [7, 11) is 1.91. The third-order valence-corrected chi connectivity index (χ3v) is 4.44. The summed E-state index contributed by atoms with van der Waals surface area (Å²) in [6, 6.07) is 0.230. The van der Waals surface area contributed by atoms with E-state index < -0.39 is 0 Å². The molecule has 1 aliphatic rings. The monoisotopic (exact) mass is 245 g/mol. The van der Waals surface area contributed by atoms with Crippen LogP contribution < -0.4 is 0 Å². The van der Waals surface area contributed by atoms with Gasteiger partial charge in [-0.1, -0.05) is 33.6 Å². The van der Waals surface area contributed by atoms with Crippen molar-refractivity contribution in [3.8, 4) is 0 Å². The third kappa shape index (κ3) is 2.91. The molecule has 0 spiro atoms. The van der Waals surface area contributed by atoms with E-state index in [1.165, 1.54) is 12.8 Å². The molecule has 1 amide bonds. The van der Waals surface area contributed by atoms with Crippen molar-refractivity contribution >= 4 is 17.5 Å². The highest BCUT2D eigenvalue weighted by Gasteiger charge is 2.35. The number of amides is 1. The van der Waals surface area contributed by atoms with Crippen LogP contribution in [0, 0.1) is 5.41 Å². The molecule has 94 valence electrons. The van der Waals surface area contributed by atoms with E-state index in [1.54, 1.807) is 0 Å². The number of hydrogen-bond donors (Lipinski definition) is 0. The van der Waals surface area contributed by atoms with Gasteiger partial charge in [0.15, 0.2) is 0 Å². The van der Waals surface area contributed by atoms with Crippen molar-refractivity contribution in [3.63, 3.8) is 0 Å². The zero-order valence-corrected chi connectivity index (χ0v) is 11.7. The van der Waals surface area contributed by atoms with E-state index in [0.29, 0.717) is 0 Å². The lowest BCUT2D eigenvalue weighted by Gasteiger charge is -2.38. The molecule has 1 rings (SSSR count). The van der Waals surface area contributed by atoms with Gasteiger partial charge in [0, 0.05) is 18.5 Å². The van der Waals surface area contributed by atoms with Crippen molar-refractivity contribution in [2.24, 2.45) is 5.41 Å². The normalized spacial score (nSPS) is 26.6. The maximum Gasteiger partial charge on any atom is 0.228 e. The van der Waals surface area contributed by atoms with Crippen molar-refractivity contribution in [1.29, 1.82) is 0 Å². The molecule has 0 N–H and O–H groups in total. The van der Waals surface area contributed by atoms with Crippen molar-refractivity contribution in [3.05, 3.63) is 0 Å². The van der Waals surface area contributed by atoms with Gasteiger partial charge in [-0.15, -0.1) is 11.6 Å². The highest BCUT2D eigenvalue weighted by atomic mass is 35.5. The SMILES string of the molecule is CCC(C)(C)C(=O)N(C)C1CCCCC1Cl. The lowest BCUT2D eigenvalue weighted by molar-refractivity contribution is -0.141. The summed E-state index contributed by atoms with van der Waals surface area (Å²) in [5.74, 6) is 0.229. The number of carbonyl (C=O) groups excluding carboxylic acids is 1. The summed E-state index contributed by atoms with van der Waals surface area (Å²) >= 11 is 6.32. The van der Waals surface area contributed by atoms with Crippen LogP contribution in [0.25, 0.3) is 0 Å². The largest absolute Gasteiger partial charge is 0.341 e. The van der Waals surface area contributed by atoms with Gasteiger partial charge >= 0.3 is 0 Å². The first-order chi connectivity index (χ1) is 7.40. The van der Waals surface area contributed by atoms with E-state index >= 15 is 0 Å². The summed E-state index contributed by atoms with van der Waals surface area (Å²) in [6.45, 7) is 6.08. The van der Waals surface area contributed by atoms with E-state index in [9.17, 15) is 4.79 Å². The third-order valence-electron chi connectivity index (χ3n) is 3.93. The van der Waals surface area contributed by atoms with E-state index in [0.717, 1.165) is 19.3 Å². The smallest absolute Gasteiger partial charge is 0.228 e. The van der Waals surface area contributed by atoms with E-state index in [2.05, 4.69) is 6.92 Å². The summed E-state index contributed by atoms with van der Waals surface area (Å²) in [5, 5.41) is 0.135. The number of hydrogen-bond acceptors (Lipinski definition) is 1. The molecular formula is C13H24ClNO. The number of carbonyl (C=O) groups is 1. The Hall–Kier alpha value is -0.240. The highest BCUT2D eigenvalue weighted by molar-refractivity contribution is 6.21. The maximum atomic E-state index is 12.3. The van der Waals surface area contributed by atoms with Gasteiger partial charge in [0.25, 0.3) is 0 Å². The van der Waals surface area contributed by atoms with Gasteiger partial charge in [0.2, 0.25) is 5.91 Å². The van der Waals surface area contributed by atoms with Gasteiger partial charge in [-0.3, -0.25) is 4.79 Å². The maximum absolute atomic E-state index is 12.3. The quantitative estimate of drug-likeness (QED) is 0.698. The van der Waals surface area contributed by atoms with Gasteiger partial charge < -0.3 is 4.90 Å². The van der Waals surface area contributed by atoms with Crippen molar-refractivity contribution < 1.29 is 4.79 Å². The Morgan fingerprint density at radius 2 is 1.94 bits per heavy atom. The van der Waals surface area contributed by atoms with Crippen molar-refractivity contribution in [2.45, 2.75) is 64.3 Å². The molecule has 3 heteroatoms. The summed E-state index contributed by atoms with van der Waals surface area (Å²) in [4.78, 5) is 14.2. The van der Waals surface area contributed by atoms with Crippen LogP contribution in [0.4, 0.5) is 0 Å². The molecule has 0 aromatic rings. The lowest BCUT2D eigenvalue weighted by atomic mass is 9.86. The first kappa shape index (κ1) is 13.8. The van der Waals surface area contributed by atoms with E-state index in [1.807, 2.05) is 25.8 Å². The Morgan fingerprint density at radius 3 is 2.44 bits per heavy atom. The molecule has 2 atom stereocenters. The molecule has 1 saturated carbocycles. The van der Waals surface area contributed by atoms with Gasteiger partial charge in [-0.2, -0.15) is 0 Å². The molecule has 1 fully saturated rings. The second-order valence-electron chi connectivity index (χ2n) is 5.52. The van der Waals surface area contributed by atoms with Crippen LogP contribution in [-0.4, -0.2) is 29.3 Å². The molecule has 0 aromatic heterocycles.